The molecule has 0 radical (unpaired) electrons. The molecular formula is C22H19FN4O3S. The number of H-pyrrole nitrogens is 1. The average molecular weight is 438 g/mol. The number of fused-ring (bicyclic) bond motifs is 1. The third kappa shape index (κ3) is 3.26. The number of pyridine rings is 2. The number of aromatic amines is 1. The number of nitrogens with one attached hydrogen (secondary N) is 1. The van der Waals surface area contributed by atoms with Crippen LogP contribution in [0.1, 0.15) is 30.0 Å². The second kappa shape index (κ2) is 7.44. The first-order valence-electron chi connectivity index (χ1n) is 9.83. The summed E-state index contributed by atoms with van der Waals surface area (Å²) in [5, 5.41) is 0. The highest BCUT2D eigenvalue weighted by molar-refractivity contribution is 7.18. The van der Waals surface area contributed by atoms with Crippen molar-refractivity contribution in [3.63, 3.8) is 0 Å². The Kier molecular flexibility index (Phi) is 4.71. The molecule has 1 fully saturated rings. The molecule has 0 bridgehead atoms. The van der Waals surface area contributed by atoms with Crippen LogP contribution in [0.25, 0.3) is 26.5 Å². The fraction of sp³-hybridized carbons (Fsp3) is 0.227. The first kappa shape index (κ1) is 19.7. The number of halogens is 1. The Morgan fingerprint density at radius 3 is 2.74 bits per heavy atom. The number of nitrogens with two attached hydrogens (primary N) is 1. The molecule has 0 unspecified atom stereocenters. The molecule has 0 atom stereocenters. The highest BCUT2D eigenvalue weighted by Crippen LogP contribution is 2.46. The molecule has 0 spiro atoms. The fourth-order valence-corrected chi connectivity index (χ4v) is 4.86. The van der Waals surface area contributed by atoms with Crippen LogP contribution >= 0.6 is 11.3 Å². The van der Waals surface area contributed by atoms with E-state index in [-0.39, 0.29) is 17.2 Å². The number of rotatable bonds is 5. The van der Waals surface area contributed by atoms with Crippen LogP contribution in [-0.4, -0.2) is 21.5 Å². The molecule has 0 aromatic carbocycles. The zero-order valence-corrected chi connectivity index (χ0v) is 17.5. The summed E-state index contributed by atoms with van der Waals surface area (Å²) in [5.74, 6) is -0.395. The molecule has 158 valence electrons. The van der Waals surface area contributed by atoms with Crippen LogP contribution < -0.4 is 21.7 Å². The second-order valence-electron chi connectivity index (χ2n) is 7.43. The zero-order valence-electron chi connectivity index (χ0n) is 16.6. The van der Waals surface area contributed by atoms with Crippen LogP contribution in [0.3, 0.4) is 0 Å². The quantitative estimate of drug-likeness (QED) is 0.498. The maximum atomic E-state index is 15.3. The maximum absolute atomic E-state index is 15.3. The van der Waals surface area contributed by atoms with Crippen LogP contribution in [0, 0.1) is 5.82 Å². The smallest absolute Gasteiger partial charge is 0.333 e. The molecule has 31 heavy (non-hydrogen) atoms. The highest BCUT2D eigenvalue weighted by atomic mass is 32.1. The number of aromatic nitrogens is 3. The summed E-state index contributed by atoms with van der Waals surface area (Å²) < 4.78 is 22.0. The van der Waals surface area contributed by atoms with Gasteiger partial charge in [-0.3, -0.25) is 19.2 Å². The summed E-state index contributed by atoms with van der Waals surface area (Å²) in [6.07, 6.45) is 2.81. The average Bonchev–Trinajstić information content (AvgIpc) is 3.48. The summed E-state index contributed by atoms with van der Waals surface area (Å²) in [6.45, 7) is 0.326. The van der Waals surface area contributed by atoms with Gasteiger partial charge in [0.05, 0.1) is 35.1 Å². The predicted octanol–water partition coefficient (Wildman–Crippen LogP) is 3.26. The topological polar surface area (TPSA) is 102 Å². The Morgan fingerprint density at radius 2 is 2.03 bits per heavy atom. The first-order valence-corrected chi connectivity index (χ1v) is 10.6. The van der Waals surface area contributed by atoms with Crippen LogP contribution in [-0.2, 0) is 6.54 Å². The molecule has 5 rings (SSSR count). The van der Waals surface area contributed by atoms with Crippen molar-refractivity contribution in [1.29, 1.82) is 0 Å². The van der Waals surface area contributed by atoms with E-state index in [1.807, 2.05) is 24.3 Å². The van der Waals surface area contributed by atoms with Gasteiger partial charge in [0.25, 0.3) is 5.56 Å². The van der Waals surface area contributed by atoms with Gasteiger partial charge in [-0.15, -0.1) is 11.3 Å². The minimum Gasteiger partial charge on any atom is -0.494 e. The molecule has 1 aliphatic carbocycles. The molecule has 0 saturated heterocycles. The molecule has 0 aliphatic heterocycles. The van der Waals surface area contributed by atoms with Crippen molar-refractivity contribution in [1.82, 2.24) is 14.4 Å². The van der Waals surface area contributed by atoms with Crippen molar-refractivity contribution >= 4 is 16.9 Å². The SMILES string of the molecule is COc1c(-c2ccc(-c3cccc(CN)n3)s2)c(F)cn2c(=O)[nH]c(=O)c(C3CC3)c12. The standard InChI is InChI=1S/C22H19FN4O3S/c1-30-20-18(16-8-7-15(31-16)14-4-2-3-12(9-24)25-14)13(23)10-27-19(20)17(11-5-6-11)21(28)26-22(27)29/h2-4,7-8,10-11H,5-6,9,24H2,1H3,(H,26,28,29). The van der Waals surface area contributed by atoms with Gasteiger partial charge in [-0.05, 0) is 43.0 Å². The number of hydrogen-bond donors (Lipinski definition) is 2. The lowest BCUT2D eigenvalue weighted by atomic mass is 10.1. The third-order valence-electron chi connectivity index (χ3n) is 5.41. The fourth-order valence-electron chi connectivity index (χ4n) is 3.84. The maximum Gasteiger partial charge on any atom is 0.333 e. The Balaban J connectivity index is 1.75. The number of nitrogens with zero attached hydrogens (tertiary/aromatic N) is 2. The highest BCUT2D eigenvalue weighted by Gasteiger charge is 2.32. The summed E-state index contributed by atoms with van der Waals surface area (Å²) in [5.41, 5.74) is 7.07. The van der Waals surface area contributed by atoms with Crippen molar-refractivity contribution in [3.8, 4) is 26.8 Å². The molecule has 3 N–H and O–H groups in total. The normalized spacial score (nSPS) is 13.6. The molecular weight excluding hydrogens is 419 g/mol. The lowest BCUT2D eigenvalue weighted by Crippen LogP contribution is -2.29. The number of ether oxygens (including phenoxy) is 1. The van der Waals surface area contributed by atoms with Crippen molar-refractivity contribution < 1.29 is 9.13 Å². The van der Waals surface area contributed by atoms with Gasteiger partial charge in [-0.1, -0.05) is 6.07 Å². The lowest BCUT2D eigenvalue weighted by Gasteiger charge is -2.15. The van der Waals surface area contributed by atoms with Gasteiger partial charge < -0.3 is 10.5 Å². The Hall–Kier alpha value is -3.30. The minimum atomic E-state index is -0.692. The van der Waals surface area contributed by atoms with Crippen molar-refractivity contribution in [2.45, 2.75) is 25.3 Å². The van der Waals surface area contributed by atoms with E-state index in [9.17, 15) is 9.59 Å². The summed E-state index contributed by atoms with van der Waals surface area (Å²) in [6, 6.07) is 9.24. The number of methoxy groups -OCH3 is 1. The number of thiophene rings is 1. The largest absolute Gasteiger partial charge is 0.494 e. The van der Waals surface area contributed by atoms with Gasteiger partial charge in [0.2, 0.25) is 0 Å². The van der Waals surface area contributed by atoms with E-state index in [0.717, 1.165) is 39.7 Å². The summed E-state index contributed by atoms with van der Waals surface area (Å²) in [4.78, 5) is 33.2. The van der Waals surface area contributed by atoms with E-state index in [4.69, 9.17) is 10.5 Å². The molecule has 4 heterocycles. The second-order valence-corrected chi connectivity index (χ2v) is 8.52. The predicted molar refractivity (Wildman–Crippen MR) is 117 cm³/mol. The zero-order chi connectivity index (χ0) is 21.7. The molecule has 9 heteroatoms. The Bertz CT molecular complexity index is 1440. The van der Waals surface area contributed by atoms with E-state index in [1.165, 1.54) is 18.4 Å². The summed E-state index contributed by atoms with van der Waals surface area (Å²) >= 11 is 1.35. The van der Waals surface area contributed by atoms with E-state index >= 15 is 4.39 Å². The number of hydrogen-bond acceptors (Lipinski definition) is 6. The van der Waals surface area contributed by atoms with Crippen molar-refractivity contribution in [3.05, 3.63) is 74.4 Å². The van der Waals surface area contributed by atoms with Crippen LogP contribution in [0.2, 0.25) is 0 Å². The molecule has 4 aromatic rings. The third-order valence-corrected chi connectivity index (χ3v) is 6.54. The van der Waals surface area contributed by atoms with E-state index < -0.39 is 17.1 Å². The monoisotopic (exact) mass is 438 g/mol. The Morgan fingerprint density at radius 1 is 1.26 bits per heavy atom. The molecule has 0 amide bonds. The lowest BCUT2D eigenvalue weighted by molar-refractivity contribution is 0.415. The minimum absolute atomic E-state index is 0.0358. The van der Waals surface area contributed by atoms with Gasteiger partial charge >= 0.3 is 5.69 Å². The van der Waals surface area contributed by atoms with Gasteiger partial charge in [-0.25, -0.2) is 9.18 Å². The van der Waals surface area contributed by atoms with Gasteiger partial charge in [0, 0.05) is 17.0 Å². The van der Waals surface area contributed by atoms with E-state index in [2.05, 4.69) is 9.97 Å². The Labute approximate surface area is 180 Å². The molecule has 1 aliphatic rings. The van der Waals surface area contributed by atoms with Crippen molar-refractivity contribution in [2.24, 2.45) is 5.73 Å². The van der Waals surface area contributed by atoms with Crippen molar-refractivity contribution in [2.75, 3.05) is 7.11 Å². The van der Waals surface area contributed by atoms with E-state index in [1.54, 1.807) is 6.07 Å². The van der Waals surface area contributed by atoms with Crippen LogP contribution in [0.4, 0.5) is 4.39 Å². The van der Waals surface area contributed by atoms with Gasteiger partial charge in [-0.2, -0.15) is 0 Å². The van der Waals surface area contributed by atoms with E-state index in [0.29, 0.717) is 22.5 Å². The first-order chi connectivity index (χ1) is 15.0. The summed E-state index contributed by atoms with van der Waals surface area (Å²) in [7, 11) is 1.42. The van der Waals surface area contributed by atoms with Crippen LogP contribution in [0.15, 0.2) is 46.1 Å². The van der Waals surface area contributed by atoms with Gasteiger partial charge in [0.15, 0.2) is 11.6 Å². The van der Waals surface area contributed by atoms with Crippen LogP contribution in [0.5, 0.6) is 5.75 Å². The molecule has 1 saturated carbocycles. The molecule has 4 aromatic heterocycles. The molecule has 7 nitrogen and oxygen atoms in total. The van der Waals surface area contributed by atoms with Gasteiger partial charge in [0.1, 0.15) is 5.52 Å².